The number of aromatic amines is 1. The molecule has 0 unspecified atom stereocenters. The highest BCUT2D eigenvalue weighted by Gasteiger charge is 2.14. The predicted octanol–water partition coefficient (Wildman–Crippen LogP) is 1.80. The Morgan fingerprint density at radius 2 is 2.56 bits per heavy atom. The van der Waals surface area contributed by atoms with Crippen LogP contribution in [0.15, 0.2) is 12.4 Å². The molecule has 1 aromatic heterocycles. The van der Waals surface area contributed by atoms with Crippen LogP contribution < -0.4 is 0 Å². The molecule has 1 aliphatic heterocycles. The van der Waals surface area contributed by atoms with E-state index >= 15 is 0 Å². The molecule has 0 amide bonds. The molecule has 2 heterocycles. The molecule has 1 aliphatic rings. The maximum absolute atomic E-state index is 5.60. The Bertz CT molecular complexity index is 280. The Balaban J connectivity index is 1.58. The number of imidazole rings is 1. The molecular formula is C12H21N3O. The van der Waals surface area contributed by atoms with Gasteiger partial charge in [0.2, 0.25) is 0 Å². The number of hydrogen-bond acceptors (Lipinski definition) is 3. The molecule has 4 heteroatoms. The van der Waals surface area contributed by atoms with Crippen molar-refractivity contribution in [1.82, 2.24) is 14.9 Å². The van der Waals surface area contributed by atoms with E-state index < -0.39 is 0 Å². The molecule has 0 aromatic carbocycles. The summed E-state index contributed by atoms with van der Waals surface area (Å²) >= 11 is 0. The van der Waals surface area contributed by atoms with Crippen LogP contribution in [-0.4, -0.2) is 41.2 Å². The monoisotopic (exact) mass is 223 g/mol. The van der Waals surface area contributed by atoms with Gasteiger partial charge < -0.3 is 9.72 Å². The highest BCUT2D eigenvalue weighted by Crippen LogP contribution is 2.16. The third-order valence-corrected chi connectivity index (χ3v) is 3.06. The minimum absolute atomic E-state index is 0.525. The zero-order valence-corrected chi connectivity index (χ0v) is 9.98. The van der Waals surface area contributed by atoms with Crippen LogP contribution in [0.1, 0.15) is 31.5 Å². The van der Waals surface area contributed by atoms with E-state index in [0.29, 0.717) is 6.10 Å². The first-order chi connectivity index (χ1) is 7.84. The van der Waals surface area contributed by atoms with E-state index in [1.54, 1.807) is 6.20 Å². The molecule has 90 valence electrons. The summed E-state index contributed by atoms with van der Waals surface area (Å²) in [7, 11) is 2.14. The summed E-state index contributed by atoms with van der Waals surface area (Å²) in [5.74, 6) is 1.04. The third-order valence-electron chi connectivity index (χ3n) is 3.06. The lowest BCUT2D eigenvalue weighted by Gasteiger charge is -2.16. The molecule has 0 aliphatic carbocycles. The molecule has 16 heavy (non-hydrogen) atoms. The maximum atomic E-state index is 5.60. The van der Waals surface area contributed by atoms with E-state index in [0.717, 1.165) is 25.5 Å². The summed E-state index contributed by atoms with van der Waals surface area (Å²) in [6.07, 6.45) is 9.10. The standard InChI is InChI=1S/C12H21N3O/c1-15(10-12-13-6-7-14-12)8-2-4-11-5-3-9-16-11/h6-7,11H,2-5,8-10H2,1H3,(H,13,14)/t11-/m0/s1. The molecule has 1 aromatic rings. The van der Waals surface area contributed by atoms with Crippen molar-refractivity contribution >= 4 is 0 Å². The zero-order chi connectivity index (χ0) is 11.2. The molecular weight excluding hydrogens is 202 g/mol. The van der Waals surface area contributed by atoms with E-state index in [1.807, 2.05) is 6.20 Å². The average molecular weight is 223 g/mol. The van der Waals surface area contributed by atoms with Gasteiger partial charge in [-0.3, -0.25) is 4.90 Å². The van der Waals surface area contributed by atoms with Gasteiger partial charge in [-0.15, -0.1) is 0 Å². The predicted molar refractivity (Wildman–Crippen MR) is 63.1 cm³/mol. The van der Waals surface area contributed by atoms with E-state index in [9.17, 15) is 0 Å². The number of aromatic nitrogens is 2. The molecule has 2 rings (SSSR count). The molecule has 1 atom stereocenters. The van der Waals surface area contributed by atoms with Gasteiger partial charge >= 0.3 is 0 Å². The lowest BCUT2D eigenvalue weighted by molar-refractivity contribution is 0.0994. The fraction of sp³-hybridized carbons (Fsp3) is 0.750. The lowest BCUT2D eigenvalue weighted by atomic mass is 10.1. The number of hydrogen-bond donors (Lipinski definition) is 1. The minimum Gasteiger partial charge on any atom is -0.378 e. The normalized spacial score (nSPS) is 20.8. The Hall–Kier alpha value is -0.870. The van der Waals surface area contributed by atoms with Crippen molar-refractivity contribution in [3.63, 3.8) is 0 Å². The van der Waals surface area contributed by atoms with Gasteiger partial charge in [0.05, 0.1) is 12.6 Å². The van der Waals surface area contributed by atoms with Gasteiger partial charge in [-0.1, -0.05) is 0 Å². The number of nitrogens with zero attached hydrogens (tertiary/aromatic N) is 2. The topological polar surface area (TPSA) is 41.1 Å². The second-order valence-electron chi connectivity index (χ2n) is 4.55. The summed E-state index contributed by atoms with van der Waals surface area (Å²) in [4.78, 5) is 9.64. The van der Waals surface area contributed by atoms with Crippen LogP contribution in [0, 0.1) is 0 Å². The largest absolute Gasteiger partial charge is 0.378 e. The van der Waals surface area contributed by atoms with Crippen LogP contribution in [0.3, 0.4) is 0 Å². The van der Waals surface area contributed by atoms with Crippen LogP contribution in [-0.2, 0) is 11.3 Å². The molecule has 0 bridgehead atoms. The first-order valence-corrected chi connectivity index (χ1v) is 6.13. The van der Waals surface area contributed by atoms with Crippen LogP contribution in [0.25, 0.3) is 0 Å². The summed E-state index contributed by atoms with van der Waals surface area (Å²) in [5, 5.41) is 0. The maximum Gasteiger partial charge on any atom is 0.120 e. The minimum atomic E-state index is 0.525. The highest BCUT2D eigenvalue weighted by atomic mass is 16.5. The van der Waals surface area contributed by atoms with E-state index in [-0.39, 0.29) is 0 Å². The van der Waals surface area contributed by atoms with Gasteiger partial charge in [0.1, 0.15) is 5.82 Å². The van der Waals surface area contributed by atoms with E-state index in [2.05, 4.69) is 21.9 Å². The summed E-state index contributed by atoms with van der Waals surface area (Å²) < 4.78 is 5.60. The van der Waals surface area contributed by atoms with Crippen molar-refractivity contribution in [2.75, 3.05) is 20.2 Å². The quantitative estimate of drug-likeness (QED) is 0.799. The second-order valence-corrected chi connectivity index (χ2v) is 4.55. The Labute approximate surface area is 97.0 Å². The van der Waals surface area contributed by atoms with E-state index in [4.69, 9.17) is 4.74 Å². The fourth-order valence-corrected chi connectivity index (χ4v) is 2.18. The number of H-pyrrole nitrogens is 1. The average Bonchev–Trinajstić information content (AvgIpc) is 2.90. The number of ether oxygens (including phenoxy) is 1. The molecule has 0 spiro atoms. The van der Waals surface area contributed by atoms with Crippen LogP contribution in [0.5, 0.6) is 0 Å². The second kappa shape index (κ2) is 6.01. The van der Waals surface area contributed by atoms with Gasteiger partial charge in [-0.25, -0.2) is 4.98 Å². The lowest BCUT2D eigenvalue weighted by Crippen LogP contribution is -2.21. The van der Waals surface area contributed by atoms with Crippen LogP contribution >= 0.6 is 0 Å². The van der Waals surface area contributed by atoms with Gasteiger partial charge in [-0.05, 0) is 39.3 Å². The Kier molecular flexibility index (Phi) is 4.36. The SMILES string of the molecule is CN(CCC[C@H]1CCCO1)Cc1ncc[nH]1. The fourth-order valence-electron chi connectivity index (χ4n) is 2.18. The summed E-state index contributed by atoms with van der Waals surface area (Å²) in [5.41, 5.74) is 0. The first-order valence-electron chi connectivity index (χ1n) is 6.13. The molecule has 1 fully saturated rings. The molecule has 1 saturated heterocycles. The highest BCUT2D eigenvalue weighted by molar-refractivity contribution is 4.86. The van der Waals surface area contributed by atoms with Crippen molar-refractivity contribution in [3.8, 4) is 0 Å². The Morgan fingerprint density at radius 1 is 1.62 bits per heavy atom. The van der Waals surface area contributed by atoms with Crippen LogP contribution in [0.4, 0.5) is 0 Å². The van der Waals surface area contributed by atoms with Gasteiger partial charge in [0, 0.05) is 19.0 Å². The smallest absolute Gasteiger partial charge is 0.120 e. The molecule has 1 N–H and O–H groups in total. The van der Waals surface area contributed by atoms with Crippen molar-refractivity contribution < 1.29 is 4.74 Å². The zero-order valence-electron chi connectivity index (χ0n) is 9.98. The van der Waals surface area contributed by atoms with Crippen molar-refractivity contribution in [2.24, 2.45) is 0 Å². The summed E-state index contributed by atoms with van der Waals surface area (Å²) in [6.45, 7) is 2.98. The van der Waals surface area contributed by atoms with Crippen molar-refractivity contribution in [2.45, 2.75) is 38.3 Å². The van der Waals surface area contributed by atoms with Gasteiger partial charge in [0.25, 0.3) is 0 Å². The van der Waals surface area contributed by atoms with Gasteiger partial charge in [0.15, 0.2) is 0 Å². The number of rotatable bonds is 6. The van der Waals surface area contributed by atoms with Gasteiger partial charge in [-0.2, -0.15) is 0 Å². The number of nitrogens with one attached hydrogen (secondary N) is 1. The van der Waals surface area contributed by atoms with Crippen molar-refractivity contribution in [1.29, 1.82) is 0 Å². The molecule has 0 radical (unpaired) electrons. The Morgan fingerprint density at radius 3 is 3.25 bits per heavy atom. The van der Waals surface area contributed by atoms with E-state index in [1.165, 1.54) is 25.7 Å². The molecule has 0 saturated carbocycles. The van der Waals surface area contributed by atoms with Crippen molar-refractivity contribution in [3.05, 3.63) is 18.2 Å². The summed E-state index contributed by atoms with van der Waals surface area (Å²) in [6, 6.07) is 0. The van der Waals surface area contributed by atoms with Crippen LogP contribution in [0.2, 0.25) is 0 Å². The molecule has 4 nitrogen and oxygen atoms in total. The third kappa shape index (κ3) is 3.61. The first kappa shape index (κ1) is 11.6.